The Labute approximate surface area is 155 Å². The molecule has 0 bridgehead atoms. The minimum atomic E-state index is 0.567. The van der Waals surface area contributed by atoms with E-state index in [1.807, 2.05) is 19.2 Å². The van der Waals surface area contributed by atoms with E-state index in [1.165, 1.54) is 18.4 Å². The quantitative estimate of drug-likeness (QED) is 0.753. The molecule has 0 unspecified atom stereocenters. The molecule has 2 aromatic rings. The number of pyridine rings is 1. The van der Waals surface area contributed by atoms with Gasteiger partial charge < -0.3 is 9.26 Å². The third-order valence-electron chi connectivity index (χ3n) is 5.04. The smallest absolute Gasteiger partial charge is 0.223 e. The number of rotatable bonds is 7. The van der Waals surface area contributed by atoms with Crippen LogP contribution in [0.15, 0.2) is 22.9 Å². The Morgan fingerprint density at radius 1 is 1.31 bits per heavy atom. The summed E-state index contributed by atoms with van der Waals surface area (Å²) in [6.45, 7) is 8.98. The summed E-state index contributed by atoms with van der Waals surface area (Å²) >= 11 is 0. The van der Waals surface area contributed by atoms with E-state index in [1.54, 1.807) is 7.11 Å². The molecule has 1 atom stereocenters. The summed E-state index contributed by atoms with van der Waals surface area (Å²) in [5.41, 5.74) is 1.24. The summed E-state index contributed by atoms with van der Waals surface area (Å²) in [6, 6.07) is 4.60. The Balaban J connectivity index is 1.54. The summed E-state index contributed by atoms with van der Waals surface area (Å²) in [5.74, 6) is 2.09. The number of hydrogen-bond acceptors (Lipinski definition) is 7. The first-order valence-corrected chi connectivity index (χ1v) is 9.42. The second kappa shape index (κ2) is 9.09. The summed E-state index contributed by atoms with van der Waals surface area (Å²) in [5, 5.41) is 4.05. The van der Waals surface area contributed by atoms with Gasteiger partial charge in [0.05, 0.1) is 13.7 Å². The highest BCUT2D eigenvalue weighted by Gasteiger charge is 2.23. The molecule has 1 fully saturated rings. The van der Waals surface area contributed by atoms with Crippen LogP contribution >= 0.6 is 0 Å². The molecule has 0 aromatic carbocycles. The topological polar surface area (TPSA) is 67.5 Å². The maximum absolute atomic E-state index is 5.14. The number of methoxy groups -OCH3 is 1. The van der Waals surface area contributed by atoms with Crippen LogP contribution in [0.4, 0.5) is 0 Å². The SMILES string of the molecule is CCN(Cc1noc(C)n1)[C@H]1CCCN(Cc2ccc(OC)nc2)CC1. The van der Waals surface area contributed by atoms with Crippen molar-refractivity contribution in [2.75, 3.05) is 26.7 Å². The molecule has 0 spiro atoms. The van der Waals surface area contributed by atoms with Crippen molar-refractivity contribution in [1.82, 2.24) is 24.9 Å². The van der Waals surface area contributed by atoms with E-state index < -0.39 is 0 Å². The minimum absolute atomic E-state index is 0.567. The lowest BCUT2D eigenvalue weighted by Gasteiger charge is -2.29. The van der Waals surface area contributed by atoms with E-state index in [0.717, 1.165) is 45.0 Å². The number of ether oxygens (including phenoxy) is 1. The van der Waals surface area contributed by atoms with Crippen molar-refractivity contribution >= 4 is 0 Å². The predicted octanol–water partition coefficient (Wildman–Crippen LogP) is 2.66. The lowest BCUT2D eigenvalue weighted by Crippen LogP contribution is -2.36. The van der Waals surface area contributed by atoms with E-state index in [9.17, 15) is 0 Å². The van der Waals surface area contributed by atoms with Gasteiger partial charge in [0.2, 0.25) is 11.8 Å². The number of hydrogen-bond donors (Lipinski definition) is 0. The van der Waals surface area contributed by atoms with Gasteiger partial charge in [-0.25, -0.2) is 4.98 Å². The van der Waals surface area contributed by atoms with Crippen LogP contribution in [-0.4, -0.2) is 57.7 Å². The van der Waals surface area contributed by atoms with E-state index in [-0.39, 0.29) is 0 Å². The summed E-state index contributed by atoms with van der Waals surface area (Å²) in [6.07, 6.45) is 5.49. The van der Waals surface area contributed by atoms with Crippen molar-refractivity contribution in [3.05, 3.63) is 35.6 Å². The molecular weight excluding hydrogens is 330 g/mol. The van der Waals surface area contributed by atoms with Crippen LogP contribution in [0.1, 0.15) is 43.5 Å². The third kappa shape index (κ3) is 5.02. The van der Waals surface area contributed by atoms with Gasteiger partial charge in [-0.15, -0.1) is 0 Å². The number of nitrogens with zero attached hydrogens (tertiary/aromatic N) is 5. The van der Waals surface area contributed by atoms with Gasteiger partial charge in [0, 0.05) is 31.8 Å². The first kappa shape index (κ1) is 18.8. The van der Waals surface area contributed by atoms with Crippen molar-refractivity contribution in [3.8, 4) is 5.88 Å². The molecule has 1 aliphatic heterocycles. The standard InChI is InChI=1S/C19H29N5O2/c1-4-24(14-18-21-15(2)26-22-18)17-6-5-10-23(11-9-17)13-16-7-8-19(25-3)20-12-16/h7-8,12,17H,4-6,9-11,13-14H2,1-3H3/t17-/m0/s1. The zero-order chi connectivity index (χ0) is 18.4. The molecule has 0 N–H and O–H groups in total. The fourth-order valence-corrected chi connectivity index (χ4v) is 3.63. The average Bonchev–Trinajstić information content (AvgIpc) is 2.93. The van der Waals surface area contributed by atoms with Crippen LogP contribution in [0.3, 0.4) is 0 Å². The van der Waals surface area contributed by atoms with Gasteiger partial charge in [0.15, 0.2) is 5.82 Å². The Kier molecular flexibility index (Phi) is 6.57. The molecular formula is C19H29N5O2. The number of aryl methyl sites for hydroxylation is 1. The molecule has 0 radical (unpaired) electrons. The second-order valence-electron chi connectivity index (χ2n) is 6.86. The van der Waals surface area contributed by atoms with Crippen LogP contribution in [-0.2, 0) is 13.1 Å². The molecule has 7 nitrogen and oxygen atoms in total. The maximum atomic E-state index is 5.14. The molecule has 0 aliphatic carbocycles. The number of aromatic nitrogens is 3. The second-order valence-corrected chi connectivity index (χ2v) is 6.86. The van der Waals surface area contributed by atoms with E-state index in [2.05, 4.69) is 37.9 Å². The van der Waals surface area contributed by atoms with Gasteiger partial charge in [-0.3, -0.25) is 9.80 Å². The summed E-state index contributed by atoms with van der Waals surface area (Å²) < 4.78 is 10.2. The van der Waals surface area contributed by atoms with Crippen molar-refractivity contribution < 1.29 is 9.26 Å². The van der Waals surface area contributed by atoms with Crippen LogP contribution in [0, 0.1) is 6.92 Å². The van der Waals surface area contributed by atoms with Crippen LogP contribution < -0.4 is 4.74 Å². The Morgan fingerprint density at radius 2 is 2.19 bits per heavy atom. The molecule has 0 saturated carbocycles. The van der Waals surface area contributed by atoms with E-state index in [0.29, 0.717) is 17.8 Å². The molecule has 7 heteroatoms. The highest BCUT2D eigenvalue weighted by Crippen LogP contribution is 2.20. The largest absolute Gasteiger partial charge is 0.481 e. The molecule has 0 amide bonds. The predicted molar refractivity (Wildman–Crippen MR) is 98.8 cm³/mol. The average molecular weight is 359 g/mol. The molecule has 3 heterocycles. The van der Waals surface area contributed by atoms with Gasteiger partial charge in [-0.2, -0.15) is 4.98 Å². The van der Waals surface area contributed by atoms with Crippen molar-refractivity contribution in [3.63, 3.8) is 0 Å². The van der Waals surface area contributed by atoms with Crippen molar-refractivity contribution in [1.29, 1.82) is 0 Å². The molecule has 1 saturated heterocycles. The Hall–Kier alpha value is -1.99. The summed E-state index contributed by atoms with van der Waals surface area (Å²) in [4.78, 5) is 13.7. The Morgan fingerprint density at radius 3 is 2.85 bits per heavy atom. The molecule has 3 rings (SSSR count). The fraction of sp³-hybridized carbons (Fsp3) is 0.632. The molecule has 142 valence electrons. The van der Waals surface area contributed by atoms with Crippen LogP contribution in [0.2, 0.25) is 0 Å². The monoisotopic (exact) mass is 359 g/mol. The van der Waals surface area contributed by atoms with Gasteiger partial charge in [-0.1, -0.05) is 18.1 Å². The first-order chi connectivity index (χ1) is 12.7. The van der Waals surface area contributed by atoms with Crippen LogP contribution in [0.5, 0.6) is 5.88 Å². The zero-order valence-electron chi connectivity index (χ0n) is 16.0. The third-order valence-corrected chi connectivity index (χ3v) is 5.04. The maximum Gasteiger partial charge on any atom is 0.223 e. The Bertz CT molecular complexity index is 673. The zero-order valence-corrected chi connectivity index (χ0v) is 16.0. The van der Waals surface area contributed by atoms with Gasteiger partial charge >= 0.3 is 0 Å². The number of likely N-dealkylation sites (tertiary alicyclic amines) is 1. The van der Waals surface area contributed by atoms with Gasteiger partial charge in [0.1, 0.15) is 0 Å². The highest BCUT2D eigenvalue weighted by molar-refractivity contribution is 5.17. The van der Waals surface area contributed by atoms with Crippen molar-refractivity contribution in [2.45, 2.75) is 52.2 Å². The molecule has 1 aliphatic rings. The summed E-state index contributed by atoms with van der Waals surface area (Å²) in [7, 11) is 1.65. The first-order valence-electron chi connectivity index (χ1n) is 9.42. The fourth-order valence-electron chi connectivity index (χ4n) is 3.63. The molecule has 26 heavy (non-hydrogen) atoms. The van der Waals surface area contributed by atoms with E-state index in [4.69, 9.17) is 9.26 Å². The lowest BCUT2D eigenvalue weighted by molar-refractivity contribution is 0.170. The van der Waals surface area contributed by atoms with Crippen molar-refractivity contribution in [2.24, 2.45) is 0 Å². The molecule has 2 aromatic heterocycles. The lowest BCUT2D eigenvalue weighted by atomic mass is 10.1. The van der Waals surface area contributed by atoms with Crippen LogP contribution in [0.25, 0.3) is 0 Å². The normalized spacial score (nSPS) is 18.8. The van der Waals surface area contributed by atoms with E-state index >= 15 is 0 Å². The van der Waals surface area contributed by atoms with Gasteiger partial charge in [-0.05, 0) is 44.5 Å². The van der Waals surface area contributed by atoms with Gasteiger partial charge in [0.25, 0.3) is 0 Å². The minimum Gasteiger partial charge on any atom is -0.481 e. The highest BCUT2D eigenvalue weighted by atomic mass is 16.5.